The number of halogens is 3. The maximum absolute atomic E-state index is 12.7. The number of aromatic nitrogens is 5. The number of ether oxygens (including phenoxy) is 2. The van der Waals surface area contributed by atoms with Gasteiger partial charge in [0.05, 0.1) is 6.54 Å². The van der Waals surface area contributed by atoms with Crippen LogP contribution in [0, 0.1) is 0 Å². The Kier molecular flexibility index (Phi) is 8.63. The van der Waals surface area contributed by atoms with Crippen LogP contribution >= 0.6 is 0 Å². The van der Waals surface area contributed by atoms with Gasteiger partial charge in [0, 0.05) is 44.0 Å². The van der Waals surface area contributed by atoms with Crippen LogP contribution < -0.4 is 15.2 Å². The molecule has 236 valence electrons. The molecule has 0 unspecified atom stereocenters. The van der Waals surface area contributed by atoms with E-state index in [2.05, 4.69) is 29.9 Å². The molecule has 12 nitrogen and oxygen atoms in total. The van der Waals surface area contributed by atoms with E-state index in [0.29, 0.717) is 37.6 Å². The van der Waals surface area contributed by atoms with Crippen molar-refractivity contribution in [1.29, 1.82) is 0 Å². The van der Waals surface area contributed by atoms with Crippen LogP contribution in [0.2, 0.25) is 0 Å². The van der Waals surface area contributed by atoms with Crippen LogP contribution in [0.25, 0.3) is 23.0 Å². The maximum atomic E-state index is 12.7. The lowest BCUT2D eigenvalue weighted by atomic mass is 10.2. The standard InChI is InChI=1S/C31H26F3N7O5/c32-31(33,34)45-24-8-6-23(7-9-24)28-36-29(46-38-28)25-10-11-27(42)41(37-25)19-22-12-13-35-26(18-22)39-14-16-40(17-15-39)30(43)44-20-21-4-2-1-3-5-21/h1-13,18H,14-17,19-20H2. The number of nitrogens with zero attached hydrogens (tertiary/aromatic N) is 7. The highest BCUT2D eigenvalue weighted by Crippen LogP contribution is 2.26. The summed E-state index contributed by atoms with van der Waals surface area (Å²) < 4.78 is 53.2. The lowest BCUT2D eigenvalue weighted by molar-refractivity contribution is -0.274. The first-order valence-electron chi connectivity index (χ1n) is 14.1. The quantitative estimate of drug-likeness (QED) is 0.236. The van der Waals surface area contributed by atoms with Crippen molar-refractivity contribution in [2.75, 3.05) is 31.1 Å². The number of carbonyl (C=O) groups excluding carboxylic acids is 1. The predicted octanol–water partition coefficient (Wildman–Crippen LogP) is 4.76. The van der Waals surface area contributed by atoms with Gasteiger partial charge in [0.2, 0.25) is 5.82 Å². The van der Waals surface area contributed by atoms with Crippen molar-refractivity contribution < 1.29 is 32.0 Å². The molecule has 1 fully saturated rings. The van der Waals surface area contributed by atoms with Gasteiger partial charge in [-0.05, 0) is 53.6 Å². The Labute approximate surface area is 259 Å². The van der Waals surface area contributed by atoms with E-state index in [4.69, 9.17) is 9.26 Å². The molecule has 4 heterocycles. The van der Waals surface area contributed by atoms with Gasteiger partial charge in [-0.2, -0.15) is 10.1 Å². The SMILES string of the molecule is O=C(OCc1ccccc1)N1CCN(c2cc(Cn3nc(-c4nc(-c5ccc(OC(F)(F)F)cc5)no4)ccc3=O)ccn2)CC1. The number of benzene rings is 2. The molecule has 0 atom stereocenters. The van der Waals surface area contributed by atoms with E-state index in [1.54, 1.807) is 17.2 Å². The van der Waals surface area contributed by atoms with Crippen LogP contribution in [0.15, 0.2) is 94.4 Å². The number of pyridine rings is 1. The molecule has 15 heteroatoms. The summed E-state index contributed by atoms with van der Waals surface area (Å²) in [5.41, 5.74) is 1.97. The Morgan fingerprint density at radius 1 is 0.913 bits per heavy atom. The average molecular weight is 634 g/mol. The molecular weight excluding hydrogens is 607 g/mol. The van der Waals surface area contributed by atoms with Gasteiger partial charge in [0.1, 0.15) is 23.9 Å². The third-order valence-electron chi connectivity index (χ3n) is 7.07. The molecule has 6 rings (SSSR count). The molecule has 1 saturated heterocycles. The number of hydrogen-bond donors (Lipinski definition) is 0. The highest BCUT2D eigenvalue weighted by molar-refractivity contribution is 5.68. The number of amides is 1. The van der Waals surface area contributed by atoms with Crippen molar-refractivity contribution in [1.82, 2.24) is 29.8 Å². The fraction of sp³-hybridized carbons (Fsp3) is 0.226. The van der Waals surface area contributed by atoms with E-state index in [1.807, 2.05) is 36.4 Å². The fourth-order valence-electron chi connectivity index (χ4n) is 4.76. The topological polar surface area (TPSA) is 129 Å². The minimum atomic E-state index is -4.80. The molecule has 0 bridgehead atoms. The monoisotopic (exact) mass is 633 g/mol. The average Bonchev–Trinajstić information content (AvgIpc) is 3.55. The zero-order chi connectivity index (χ0) is 32.1. The van der Waals surface area contributed by atoms with Crippen molar-refractivity contribution in [2.24, 2.45) is 0 Å². The summed E-state index contributed by atoms with van der Waals surface area (Å²) in [4.78, 5) is 37.7. The number of hydrogen-bond acceptors (Lipinski definition) is 10. The summed E-state index contributed by atoms with van der Waals surface area (Å²) in [6.07, 6.45) is -3.52. The number of anilines is 1. The van der Waals surface area contributed by atoms with Gasteiger partial charge in [-0.1, -0.05) is 35.5 Å². The molecule has 0 saturated carbocycles. The highest BCUT2D eigenvalue weighted by atomic mass is 19.4. The maximum Gasteiger partial charge on any atom is 0.573 e. The molecule has 1 aliphatic heterocycles. The van der Waals surface area contributed by atoms with Crippen LogP contribution in [-0.2, 0) is 17.9 Å². The number of carbonyl (C=O) groups is 1. The lowest BCUT2D eigenvalue weighted by Crippen LogP contribution is -2.49. The van der Waals surface area contributed by atoms with Crippen molar-refractivity contribution in [3.63, 3.8) is 0 Å². The number of rotatable bonds is 8. The van der Waals surface area contributed by atoms with Gasteiger partial charge in [-0.25, -0.2) is 14.5 Å². The van der Waals surface area contributed by atoms with Gasteiger partial charge >= 0.3 is 12.5 Å². The van der Waals surface area contributed by atoms with E-state index in [0.717, 1.165) is 23.3 Å². The second-order valence-electron chi connectivity index (χ2n) is 10.2. The summed E-state index contributed by atoms with van der Waals surface area (Å²) in [6, 6.07) is 20.9. The van der Waals surface area contributed by atoms with Crippen molar-refractivity contribution >= 4 is 11.9 Å². The van der Waals surface area contributed by atoms with Crippen LogP contribution in [0.5, 0.6) is 5.75 Å². The molecule has 46 heavy (non-hydrogen) atoms. The molecular formula is C31H26F3N7O5. The summed E-state index contributed by atoms with van der Waals surface area (Å²) >= 11 is 0. The minimum absolute atomic E-state index is 0.0231. The second kappa shape index (κ2) is 13.1. The third kappa shape index (κ3) is 7.49. The van der Waals surface area contributed by atoms with Crippen LogP contribution in [0.1, 0.15) is 11.1 Å². The van der Waals surface area contributed by atoms with Crippen molar-refractivity contribution in [3.8, 4) is 28.7 Å². The highest BCUT2D eigenvalue weighted by Gasteiger charge is 2.31. The summed E-state index contributed by atoms with van der Waals surface area (Å²) in [6.45, 7) is 2.41. The van der Waals surface area contributed by atoms with E-state index in [-0.39, 0.29) is 48.0 Å². The zero-order valence-corrected chi connectivity index (χ0v) is 24.1. The molecule has 2 aromatic carbocycles. The molecule has 5 aromatic rings. The van der Waals surface area contributed by atoms with E-state index in [9.17, 15) is 22.8 Å². The summed E-state index contributed by atoms with van der Waals surface area (Å²) in [5.74, 6) is 0.466. The summed E-state index contributed by atoms with van der Waals surface area (Å²) in [7, 11) is 0. The summed E-state index contributed by atoms with van der Waals surface area (Å²) in [5, 5.41) is 8.27. The molecule has 0 aliphatic carbocycles. The number of alkyl halides is 3. The molecule has 3 aromatic heterocycles. The van der Waals surface area contributed by atoms with Gasteiger partial charge in [0.25, 0.3) is 11.4 Å². The normalized spacial score (nSPS) is 13.5. The molecule has 0 spiro atoms. The predicted molar refractivity (Wildman–Crippen MR) is 158 cm³/mol. The zero-order valence-electron chi connectivity index (χ0n) is 24.1. The third-order valence-corrected chi connectivity index (χ3v) is 7.07. The lowest BCUT2D eigenvalue weighted by Gasteiger charge is -2.34. The van der Waals surface area contributed by atoms with Crippen LogP contribution in [0.3, 0.4) is 0 Å². The van der Waals surface area contributed by atoms with Gasteiger partial charge in [0.15, 0.2) is 0 Å². The largest absolute Gasteiger partial charge is 0.573 e. The van der Waals surface area contributed by atoms with Crippen LogP contribution in [-0.4, -0.2) is 68.4 Å². The van der Waals surface area contributed by atoms with Crippen LogP contribution in [0.4, 0.5) is 23.8 Å². The number of piperazine rings is 1. The first-order chi connectivity index (χ1) is 22.2. The van der Waals surface area contributed by atoms with E-state index in [1.165, 1.54) is 28.9 Å². The molecule has 0 radical (unpaired) electrons. The van der Waals surface area contributed by atoms with E-state index >= 15 is 0 Å². The minimum Gasteiger partial charge on any atom is -0.445 e. The Hall–Kier alpha value is -5.73. The Morgan fingerprint density at radius 2 is 1.67 bits per heavy atom. The van der Waals surface area contributed by atoms with Gasteiger partial charge in [-0.3, -0.25) is 4.79 Å². The first-order valence-corrected chi connectivity index (χ1v) is 14.1. The fourth-order valence-corrected chi connectivity index (χ4v) is 4.76. The Balaban J connectivity index is 1.08. The van der Waals surface area contributed by atoms with Crippen molar-refractivity contribution in [3.05, 3.63) is 107 Å². The molecule has 1 aliphatic rings. The van der Waals surface area contributed by atoms with E-state index < -0.39 is 6.36 Å². The van der Waals surface area contributed by atoms with Crippen molar-refractivity contribution in [2.45, 2.75) is 19.5 Å². The molecule has 1 amide bonds. The Morgan fingerprint density at radius 3 is 2.41 bits per heavy atom. The Bertz CT molecular complexity index is 1860. The van der Waals surface area contributed by atoms with Gasteiger partial charge < -0.3 is 23.8 Å². The smallest absolute Gasteiger partial charge is 0.445 e. The first kappa shape index (κ1) is 30.3. The molecule has 0 N–H and O–H groups in total. The second-order valence-corrected chi connectivity index (χ2v) is 10.2. The van der Waals surface area contributed by atoms with Gasteiger partial charge in [-0.15, -0.1) is 13.2 Å².